The SMILES string of the molecule is CCCC/C=C\CCCCCCCC(=O)OCCCCCCCCCCCCCCCCCCCCCCCCCCCCCCCCC(=O)NC(CO)C(O)CCCCCCCCCCCCCCCCCCCCCCCCCC. The molecule has 6 nitrogen and oxygen atoms in total. The van der Waals surface area contributed by atoms with Crippen LogP contribution in [0.1, 0.15) is 438 Å². The van der Waals surface area contributed by atoms with Gasteiger partial charge in [-0.2, -0.15) is 0 Å². The predicted molar refractivity (Wildman–Crippen MR) is 361 cm³/mol. The van der Waals surface area contributed by atoms with E-state index in [0.29, 0.717) is 25.9 Å². The summed E-state index contributed by atoms with van der Waals surface area (Å²) in [4.78, 5) is 24.6. The van der Waals surface area contributed by atoms with Crippen molar-refractivity contribution >= 4 is 11.9 Å². The van der Waals surface area contributed by atoms with Gasteiger partial charge >= 0.3 is 5.97 Å². The van der Waals surface area contributed by atoms with Gasteiger partial charge in [0.1, 0.15) is 0 Å². The molecule has 0 fully saturated rings. The van der Waals surface area contributed by atoms with Crippen molar-refractivity contribution in [2.75, 3.05) is 13.2 Å². The van der Waals surface area contributed by atoms with Crippen LogP contribution >= 0.6 is 0 Å². The first kappa shape index (κ1) is 80.6. The zero-order valence-electron chi connectivity index (χ0n) is 56.0. The molecule has 0 spiro atoms. The van der Waals surface area contributed by atoms with Crippen molar-refractivity contribution in [1.82, 2.24) is 5.32 Å². The van der Waals surface area contributed by atoms with E-state index in [-0.39, 0.29) is 18.5 Å². The summed E-state index contributed by atoms with van der Waals surface area (Å²) in [6.45, 7) is 4.97. The molecule has 488 valence electrons. The fourth-order valence-corrected chi connectivity index (χ4v) is 12.3. The first-order valence-corrected chi connectivity index (χ1v) is 37.9. The van der Waals surface area contributed by atoms with Gasteiger partial charge in [0.2, 0.25) is 5.91 Å². The molecule has 0 aromatic carbocycles. The summed E-state index contributed by atoms with van der Waals surface area (Å²) in [7, 11) is 0. The van der Waals surface area contributed by atoms with E-state index in [0.717, 1.165) is 44.9 Å². The van der Waals surface area contributed by atoms with Gasteiger partial charge in [-0.1, -0.05) is 392 Å². The summed E-state index contributed by atoms with van der Waals surface area (Å²) >= 11 is 0. The van der Waals surface area contributed by atoms with Crippen molar-refractivity contribution in [2.45, 2.75) is 450 Å². The van der Waals surface area contributed by atoms with Crippen LogP contribution < -0.4 is 5.32 Å². The molecule has 0 bridgehead atoms. The van der Waals surface area contributed by atoms with E-state index < -0.39 is 12.1 Å². The molecule has 3 N–H and O–H groups in total. The number of unbranched alkanes of at least 4 members (excludes halogenated alkanes) is 59. The maximum Gasteiger partial charge on any atom is 0.305 e. The minimum Gasteiger partial charge on any atom is -0.466 e. The highest BCUT2D eigenvalue weighted by Gasteiger charge is 2.20. The molecule has 0 saturated heterocycles. The highest BCUT2D eigenvalue weighted by atomic mass is 16.5. The first-order chi connectivity index (χ1) is 40.5. The molecule has 2 atom stereocenters. The van der Waals surface area contributed by atoms with Crippen molar-refractivity contribution in [3.63, 3.8) is 0 Å². The Bertz CT molecular complexity index is 1240. The standard InChI is InChI=1S/C76H149NO5/c1-3-5-7-9-11-13-15-16-17-18-19-20-21-30-33-36-39-42-45-49-52-56-60-64-68-74(79)73(72-78)77-75(80)69-65-61-57-53-50-46-43-40-37-34-31-28-26-24-22-23-25-27-29-32-35-38-41-44-47-51-55-59-63-67-71-82-76(81)70-66-62-58-54-48-14-12-10-8-6-4-2/h10,12,73-74,78-79H,3-9,11,13-72H2,1-2H3,(H,77,80)/b12-10-. The van der Waals surface area contributed by atoms with Crippen LogP contribution in [0.15, 0.2) is 12.2 Å². The highest BCUT2D eigenvalue weighted by Crippen LogP contribution is 2.20. The normalized spacial score (nSPS) is 12.5. The number of aliphatic hydroxyl groups excluding tert-OH is 2. The third-order valence-electron chi connectivity index (χ3n) is 18.1. The Kier molecular flexibility index (Phi) is 70.8. The number of nitrogens with one attached hydrogen (secondary N) is 1. The van der Waals surface area contributed by atoms with Crippen LogP contribution in [-0.4, -0.2) is 47.4 Å². The Hall–Kier alpha value is -1.40. The maximum absolute atomic E-state index is 12.6. The lowest BCUT2D eigenvalue weighted by atomic mass is 10.0. The lowest BCUT2D eigenvalue weighted by Crippen LogP contribution is -2.45. The van der Waals surface area contributed by atoms with Crippen molar-refractivity contribution in [1.29, 1.82) is 0 Å². The summed E-state index contributed by atoms with van der Waals surface area (Å²) in [5.41, 5.74) is 0. The fraction of sp³-hybridized carbons (Fsp3) is 0.947. The quantitative estimate of drug-likeness (QED) is 0.0320. The van der Waals surface area contributed by atoms with Crippen LogP contribution in [0, 0.1) is 0 Å². The van der Waals surface area contributed by atoms with E-state index in [1.165, 1.54) is 360 Å². The number of carbonyl (C=O) groups excluding carboxylic acids is 2. The van der Waals surface area contributed by atoms with E-state index in [2.05, 4.69) is 31.3 Å². The van der Waals surface area contributed by atoms with Crippen molar-refractivity contribution in [2.24, 2.45) is 0 Å². The number of esters is 1. The Morgan fingerprint density at radius 3 is 0.902 bits per heavy atom. The van der Waals surface area contributed by atoms with Gasteiger partial charge in [0, 0.05) is 12.8 Å². The number of carbonyl (C=O) groups is 2. The molecule has 2 unspecified atom stereocenters. The number of hydrogen-bond donors (Lipinski definition) is 3. The van der Waals surface area contributed by atoms with Gasteiger partial charge in [-0.15, -0.1) is 0 Å². The summed E-state index contributed by atoms with van der Waals surface area (Å²) in [6.07, 6.45) is 90.1. The predicted octanol–water partition coefficient (Wildman–Crippen LogP) is 24.7. The van der Waals surface area contributed by atoms with Crippen molar-refractivity contribution in [3.05, 3.63) is 12.2 Å². The monoisotopic (exact) mass is 1160 g/mol. The molecule has 0 rings (SSSR count). The van der Waals surface area contributed by atoms with Crippen LogP contribution in [-0.2, 0) is 14.3 Å². The van der Waals surface area contributed by atoms with E-state index >= 15 is 0 Å². The van der Waals surface area contributed by atoms with Crippen LogP contribution in [0.2, 0.25) is 0 Å². The first-order valence-electron chi connectivity index (χ1n) is 37.9. The second kappa shape index (κ2) is 72.1. The maximum atomic E-state index is 12.6. The minimum absolute atomic E-state index is 0.0100. The average molecular weight is 1160 g/mol. The third-order valence-corrected chi connectivity index (χ3v) is 18.1. The number of allylic oxidation sites excluding steroid dienone is 2. The second-order valence-electron chi connectivity index (χ2n) is 26.3. The Morgan fingerprint density at radius 1 is 0.329 bits per heavy atom. The van der Waals surface area contributed by atoms with E-state index in [1.54, 1.807) is 0 Å². The van der Waals surface area contributed by atoms with Crippen LogP contribution in [0.3, 0.4) is 0 Å². The molecule has 0 radical (unpaired) electrons. The topological polar surface area (TPSA) is 95.9 Å². The molecule has 0 aromatic rings. The summed E-state index contributed by atoms with van der Waals surface area (Å²) in [5, 5.41) is 23.5. The minimum atomic E-state index is -0.662. The smallest absolute Gasteiger partial charge is 0.305 e. The molecule has 1 amide bonds. The van der Waals surface area contributed by atoms with Crippen LogP contribution in [0.5, 0.6) is 0 Å². The molecular formula is C76H149NO5. The summed E-state index contributed by atoms with van der Waals surface area (Å²) < 4.78 is 5.47. The largest absolute Gasteiger partial charge is 0.466 e. The van der Waals surface area contributed by atoms with E-state index in [1.807, 2.05) is 0 Å². The van der Waals surface area contributed by atoms with Crippen molar-refractivity contribution in [3.8, 4) is 0 Å². The van der Waals surface area contributed by atoms with Gasteiger partial charge in [0.05, 0.1) is 25.4 Å². The molecule has 0 heterocycles. The lowest BCUT2D eigenvalue weighted by Gasteiger charge is -2.22. The number of aliphatic hydroxyl groups is 2. The van der Waals surface area contributed by atoms with E-state index in [4.69, 9.17) is 4.74 Å². The molecule has 82 heavy (non-hydrogen) atoms. The molecule has 0 aromatic heterocycles. The van der Waals surface area contributed by atoms with Gasteiger partial charge in [0.15, 0.2) is 0 Å². The molecule has 0 aliphatic heterocycles. The average Bonchev–Trinajstić information content (AvgIpc) is 3.48. The molecule has 6 heteroatoms. The molecule has 0 aliphatic rings. The van der Waals surface area contributed by atoms with E-state index in [9.17, 15) is 19.8 Å². The molecule has 0 saturated carbocycles. The number of amides is 1. The zero-order valence-corrected chi connectivity index (χ0v) is 56.0. The number of rotatable bonds is 72. The van der Waals surface area contributed by atoms with Crippen LogP contribution in [0.4, 0.5) is 0 Å². The lowest BCUT2D eigenvalue weighted by molar-refractivity contribution is -0.143. The third kappa shape index (κ3) is 67.7. The van der Waals surface area contributed by atoms with Crippen LogP contribution in [0.25, 0.3) is 0 Å². The van der Waals surface area contributed by atoms with Gasteiger partial charge in [-0.3, -0.25) is 9.59 Å². The highest BCUT2D eigenvalue weighted by molar-refractivity contribution is 5.76. The van der Waals surface area contributed by atoms with Gasteiger partial charge in [-0.05, 0) is 44.9 Å². The van der Waals surface area contributed by atoms with Gasteiger partial charge in [0.25, 0.3) is 0 Å². The molecular weight excluding hydrogens is 1010 g/mol. The molecule has 0 aliphatic carbocycles. The van der Waals surface area contributed by atoms with Gasteiger partial charge < -0.3 is 20.3 Å². The number of ether oxygens (including phenoxy) is 1. The number of hydrogen-bond acceptors (Lipinski definition) is 5. The Labute approximate surface area is 514 Å². The van der Waals surface area contributed by atoms with Gasteiger partial charge in [-0.25, -0.2) is 0 Å². The summed E-state index contributed by atoms with van der Waals surface area (Å²) in [5.74, 6) is -0.0152. The Morgan fingerprint density at radius 2 is 0.585 bits per heavy atom. The fourth-order valence-electron chi connectivity index (χ4n) is 12.3. The second-order valence-corrected chi connectivity index (χ2v) is 26.3. The summed E-state index contributed by atoms with van der Waals surface area (Å²) in [6, 6.07) is -0.539. The van der Waals surface area contributed by atoms with Crippen molar-refractivity contribution < 1.29 is 24.5 Å². The zero-order chi connectivity index (χ0) is 59.2. The Balaban J connectivity index is 3.34.